The van der Waals surface area contributed by atoms with Gasteiger partial charge in [0.15, 0.2) is 0 Å². The molecule has 0 atom stereocenters. The van der Waals surface area contributed by atoms with E-state index < -0.39 is 11.7 Å². The molecule has 222 valence electrons. The van der Waals surface area contributed by atoms with Crippen LogP contribution in [0.1, 0.15) is 43.0 Å². The molecule has 0 aliphatic rings. The van der Waals surface area contributed by atoms with E-state index in [1.165, 1.54) is 17.0 Å². The highest BCUT2D eigenvalue weighted by molar-refractivity contribution is 5.92. The number of aryl methyl sites for hydroxylation is 1. The fourth-order valence-electron chi connectivity index (χ4n) is 4.90. The molecule has 0 aliphatic heterocycles. The van der Waals surface area contributed by atoms with Gasteiger partial charge in [-0.3, -0.25) is 4.79 Å². The molecule has 4 rings (SSSR count). The highest BCUT2D eigenvalue weighted by Crippen LogP contribution is 2.29. The predicted molar refractivity (Wildman–Crippen MR) is 160 cm³/mol. The number of para-hydroxylation sites is 1. The van der Waals surface area contributed by atoms with Gasteiger partial charge in [0.2, 0.25) is 5.91 Å². The molecule has 0 saturated carbocycles. The van der Waals surface area contributed by atoms with Gasteiger partial charge in [0.25, 0.3) is 0 Å². The molecule has 3 aromatic carbocycles. The second kappa shape index (κ2) is 13.6. The third kappa shape index (κ3) is 8.15. The maximum absolute atomic E-state index is 13.8. The monoisotopic (exact) mass is 578 g/mol. The van der Waals surface area contributed by atoms with Crippen LogP contribution in [0.5, 0.6) is 0 Å². The molecular weight excluding hydrogens is 541 g/mol. The summed E-state index contributed by atoms with van der Waals surface area (Å²) in [7, 11) is 0. The van der Waals surface area contributed by atoms with Crippen LogP contribution in [-0.2, 0) is 30.4 Å². The van der Waals surface area contributed by atoms with Gasteiger partial charge in [-0.2, -0.15) is 13.2 Å². The summed E-state index contributed by atoms with van der Waals surface area (Å²) in [5.74, 6) is -0.173. The van der Waals surface area contributed by atoms with Crippen molar-refractivity contribution in [3.63, 3.8) is 0 Å². The summed E-state index contributed by atoms with van der Waals surface area (Å²) in [5, 5.41) is 3.97. The number of halogens is 3. The van der Waals surface area contributed by atoms with Crippen molar-refractivity contribution in [1.29, 1.82) is 0 Å². The van der Waals surface area contributed by atoms with E-state index in [1.54, 1.807) is 4.90 Å². The normalized spacial score (nSPS) is 11.6. The maximum Gasteiger partial charge on any atom is 0.416 e. The average molecular weight is 579 g/mol. The SMILES string of the molecule is CCc1cccc(NC(=O)N(CC(=O)N(CCc2c[nH]c3ccccc23)Cc2ccc(C(F)(F)F)cc2)CC(C)C)c1. The summed E-state index contributed by atoms with van der Waals surface area (Å²) in [6, 6.07) is 19.9. The number of urea groups is 1. The van der Waals surface area contributed by atoms with Crippen LogP contribution >= 0.6 is 0 Å². The van der Waals surface area contributed by atoms with Gasteiger partial charge in [-0.05, 0) is 65.8 Å². The quantitative estimate of drug-likeness (QED) is 0.193. The smallest absolute Gasteiger partial charge is 0.361 e. The van der Waals surface area contributed by atoms with Gasteiger partial charge in [-0.25, -0.2) is 4.79 Å². The lowest BCUT2D eigenvalue weighted by molar-refractivity contribution is -0.137. The summed E-state index contributed by atoms with van der Waals surface area (Å²) in [4.78, 5) is 33.4. The van der Waals surface area contributed by atoms with E-state index in [0.29, 0.717) is 30.8 Å². The number of nitrogens with zero attached hydrogens (tertiary/aromatic N) is 2. The number of carbonyl (C=O) groups is 2. The Balaban J connectivity index is 1.54. The van der Waals surface area contributed by atoms with Crippen LogP contribution in [0.15, 0.2) is 79.0 Å². The lowest BCUT2D eigenvalue weighted by Gasteiger charge is -2.29. The minimum atomic E-state index is -4.44. The van der Waals surface area contributed by atoms with Crippen LogP contribution in [0.4, 0.5) is 23.7 Å². The summed E-state index contributed by atoms with van der Waals surface area (Å²) in [5.41, 5.74) is 3.59. The van der Waals surface area contributed by atoms with Crippen molar-refractivity contribution in [2.24, 2.45) is 5.92 Å². The summed E-state index contributed by atoms with van der Waals surface area (Å²) < 4.78 is 39.4. The molecule has 0 unspecified atom stereocenters. The Morgan fingerprint density at radius 1 is 0.929 bits per heavy atom. The third-order valence-electron chi connectivity index (χ3n) is 7.12. The predicted octanol–water partition coefficient (Wildman–Crippen LogP) is 7.51. The number of aromatic amines is 1. The molecule has 2 N–H and O–H groups in total. The molecule has 0 aliphatic carbocycles. The molecular formula is C33H37F3N4O2. The van der Waals surface area contributed by atoms with E-state index in [-0.39, 0.29) is 30.9 Å². The van der Waals surface area contributed by atoms with Crippen LogP contribution in [-0.4, -0.2) is 46.4 Å². The first-order chi connectivity index (χ1) is 20.0. The minimum absolute atomic E-state index is 0.111. The summed E-state index contributed by atoms with van der Waals surface area (Å²) >= 11 is 0. The zero-order chi connectivity index (χ0) is 30.3. The Morgan fingerprint density at radius 3 is 2.36 bits per heavy atom. The largest absolute Gasteiger partial charge is 0.416 e. The van der Waals surface area contributed by atoms with Crippen LogP contribution < -0.4 is 5.32 Å². The molecule has 1 heterocycles. The van der Waals surface area contributed by atoms with Crippen molar-refractivity contribution >= 4 is 28.5 Å². The van der Waals surface area contributed by atoms with Gasteiger partial charge >= 0.3 is 12.2 Å². The number of benzene rings is 3. The Bertz CT molecular complexity index is 1500. The molecule has 4 aromatic rings. The zero-order valence-electron chi connectivity index (χ0n) is 24.2. The second-order valence-electron chi connectivity index (χ2n) is 10.9. The molecule has 6 nitrogen and oxygen atoms in total. The first-order valence-corrected chi connectivity index (χ1v) is 14.2. The number of carbonyl (C=O) groups excluding carboxylic acids is 2. The number of fused-ring (bicyclic) bond motifs is 1. The van der Waals surface area contributed by atoms with Crippen molar-refractivity contribution in [2.75, 3.05) is 25.0 Å². The number of amides is 3. The number of nitrogens with one attached hydrogen (secondary N) is 2. The molecule has 0 saturated heterocycles. The molecule has 42 heavy (non-hydrogen) atoms. The molecule has 0 bridgehead atoms. The van der Waals surface area contributed by atoms with Crippen molar-refractivity contribution in [3.8, 4) is 0 Å². The number of hydrogen-bond acceptors (Lipinski definition) is 2. The topological polar surface area (TPSA) is 68.4 Å². The number of anilines is 1. The Labute approximate surface area is 244 Å². The molecule has 1 aromatic heterocycles. The van der Waals surface area contributed by atoms with Crippen LogP contribution in [0, 0.1) is 5.92 Å². The van der Waals surface area contributed by atoms with E-state index in [0.717, 1.165) is 40.6 Å². The highest BCUT2D eigenvalue weighted by atomic mass is 19.4. The Morgan fingerprint density at radius 2 is 1.67 bits per heavy atom. The Hall–Kier alpha value is -4.27. The second-order valence-corrected chi connectivity index (χ2v) is 10.9. The molecule has 9 heteroatoms. The summed E-state index contributed by atoms with van der Waals surface area (Å²) in [6.07, 6.45) is -1.16. The van der Waals surface area contributed by atoms with E-state index in [1.807, 2.05) is 75.5 Å². The summed E-state index contributed by atoms with van der Waals surface area (Å²) in [6.45, 7) is 6.63. The van der Waals surface area contributed by atoms with E-state index in [2.05, 4.69) is 10.3 Å². The fourth-order valence-corrected chi connectivity index (χ4v) is 4.90. The molecule has 3 amide bonds. The number of H-pyrrole nitrogens is 1. The maximum atomic E-state index is 13.8. The van der Waals surface area contributed by atoms with E-state index in [4.69, 9.17) is 0 Å². The molecule has 0 radical (unpaired) electrons. The van der Waals surface area contributed by atoms with Gasteiger partial charge in [-0.15, -0.1) is 0 Å². The third-order valence-corrected chi connectivity index (χ3v) is 7.12. The van der Waals surface area contributed by atoms with Crippen molar-refractivity contribution in [1.82, 2.24) is 14.8 Å². The zero-order valence-corrected chi connectivity index (χ0v) is 24.2. The average Bonchev–Trinajstić information content (AvgIpc) is 3.37. The van der Waals surface area contributed by atoms with Gasteiger partial charge in [0.05, 0.1) is 5.56 Å². The Kier molecular flexibility index (Phi) is 9.93. The first kappa shape index (κ1) is 30.7. The first-order valence-electron chi connectivity index (χ1n) is 14.2. The lowest BCUT2D eigenvalue weighted by atomic mass is 10.1. The van der Waals surface area contributed by atoms with Gasteiger partial charge in [-0.1, -0.05) is 63.2 Å². The standard InChI is InChI=1S/C33H37F3N4O2/c1-4-24-8-7-9-28(18-24)38-32(42)40(20-23(2)3)22-31(41)39(21-25-12-14-27(15-13-25)33(34,35)36)17-16-26-19-37-30-11-6-5-10-29(26)30/h5-15,18-19,23,37H,4,16-17,20-22H2,1-3H3,(H,38,42). The van der Waals surface area contributed by atoms with Crippen molar-refractivity contribution < 1.29 is 22.8 Å². The minimum Gasteiger partial charge on any atom is -0.361 e. The molecule has 0 spiro atoms. The fraction of sp³-hybridized carbons (Fsp3) is 0.333. The van der Waals surface area contributed by atoms with E-state index >= 15 is 0 Å². The molecule has 0 fully saturated rings. The van der Waals surface area contributed by atoms with Gasteiger partial charge in [0, 0.05) is 42.4 Å². The number of rotatable bonds is 11. The van der Waals surface area contributed by atoms with Crippen LogP contribution in [0.2, 0.25) is 0 Å². The number of alkyl halides is 3. The highest BCUT2D eigenvalue weighted by Gasteiger charge is 2.30. The van der Waals surface area contributed by atoms with Crippen molar-refractivity contribution in [2.45, 2.75) is 46.3 Å². The van der Waals surface area contributed by atoms with Gasteiger partial charge < -0.3 is 20.1 Å². The van der Waals surface area contributed by atoms with Crippen LogP contribution in [0.3, 0.4) is 0 Å². The lowest BCUT2D eigenvalue weighted by Crippen LogP contribution is -2.46. The van der Waals surface area contributed by atoms with Crippen LogP contribution in [0.25, 0.3) is 10.9 Å². The number of hydrogen-bond donors (Lipinski definition) is 2. The van der Waals surface area contributed by atoms with Gasteiger partial charge in [0.1, 0.15) is 6.54 Å². The van der Waals surface area contributed by atoms with E-state index in [9.17, 15) is 22.8 Å². The van der Waals surface area contributed by atoms with Crippen molar-refractivity contribution in [3.05, 3.63) is 101 Å². The number of aromatic nitrogens is 1.